The van der Waals surface area contributed by atoms with Crippen LogP contribution in [0.25, 0.3) is 0 Å². The smallest absolute Gasteiger partial charge is 0.150 e. The largest absolute Gasteiger partial charge is 0.382 e. The van der Waals surface area contributed by atoms with Crippen molar-refractivity contribution < 1.29 is 17.9 Å². The second-order valence-corrected chi connectivity index (χ2v) is 6.95. The average molecular weight is 266 g/mol. The molecule has 0 atom stereocenters. The molecule has 0 N–H and O–H groups in total. The average Bonchev–Trinajstić information content (AvgIpc) is 2.25. The van der Waals surface area contributed by atoms with E-state index in [2.05, 4.69) is 13.8 Å². The molecule has 0 radical (unpaired) electrons. The minimum Gasteiger partial charge on any atom is -0.382 e. The van der Waals surface area contributed by atoms with Crippen molar-refractivity contribution in [2.24, 2.45) is 0 Å². The summed E-state index contributed by atoms with van der Waals surface area (Å²) in [7, 11) is -1.17. The number of hydrogen-bond acceptors (Lipinski definition) is 4. The Morgan fingerprint density at radius 3 is 2.00 bits per heavy atom. The zero-order valence-electron chi connectivity index (χ0n) is 11.5. The van der Waals surface area contributed by atoms with E-state index in [4.69, 9.17) is 9.47 Å². The maximum absolute atomic E-state index is 11.2. The summed E-state index contributed by atoms with van der Waals surface area (Å²) in [6.45, 7) is 7.31. The van der Waals surface area contributed by atoms with Crippen LogP contribution in [0.1, 0.15) is 40.0 Å². The van der Waals surface area contributed by atoms with E-state index >= 15 is 0 Å². The Morgan fingerprint density at radius 2 is 1.59 bits per heavy atom. The lowest BCUT2D eigenvalue weighted by Gasteiger charge is -2.33. The molecule has 0 saturated carbocycles. The van der Waals surface area contributed by atoms with Gasteiger partial charge in [-0.2, -0.15) is 0 Å². The van der Waals surface area contributed by atoms with Crippen molar-refractivity contribution in [2.45, 2.75) is 45.6 Å². The van der Waals surface area contributed by atoms with Crippen LogP contribution in [-0.4, -0.2) is 45.8 Å². The Morgan fingerprint density at radius 1 is 1.12 bits per heavy atom. The van der Waals surface area contributed by atoms with Gasteiger partial charge in [0.25, 0.3) is 0 Å². The topological polar surface area (TPSA) is 52.6 Å². The highest BCUT2D eigenvalue weighted by Crippen LogP contribution is 2.26. The van der Waals surface area contributed by atoms with Crippen molar-refractivity contribution >= 4 is 9.84 Å². The normalized spacial score (nSPS) is 21.4. The van der Waals surface area contributed by atoms with E-state index in [1.165, 1.54) is 6.42 Å². The van der Waals surface area contributed by atoms with Gasteiger partial charge in [0.1, 0.15) is 0 Å². The molecule has 0 bridgehead atoms. The molecule has 0 amide bonds. The molecular weight excluding hydrogens is 240 g/mol. The Bertz CT molecular complexity index is 271. The Labute approximate surface area is 106 Å². The van der Waals surface area contributed by atoms with Crippen LogP contribution in [0, 0.1) is 0 Å². The van der Waals surface area contributed by atoms with E-state index in [0.29, 0.717) is 26.1 Å². The molecule has 0 aromatic heterocycles. The van der Waals surface area contributed by atoms with Crippen molar-refractivity contribution in [3.05, 3.63) is 0 Å². The number of rotatable bonds is 4. The maximum atomic E-state index is 11.2. The number of hydrogen-bond donors (Lipinski definition) is 0. The summed E-state index contributed by atoms with van der Waals surface area (Å²) in [5, 5.41) is 0. The molecule has 1 fully saturated rings. The SMILES string of the molecule is CCC.COCCOC1(C)CCS(=O)(=O)CC1. The molecule has 1 heterocycles. The van der Waals surface area contributed by atoms with E-state index in [1.54, 1.807) is 7.11 Å². The second-order valence-electron chi connectivity index (χ2n) is 4.65. The van der Waals surface area contributed by atoms with Gasteiger partial charge in [0.2, 0.25) is 0 Å². The predicted molar refractivity (Wildman–Crippen MR) is 70.1 cm³/mol. The Kier molecular flexibility index (Phi) is 8.00. The maximum Gasteiger partial charge on any atom is 0.150 e. The standard InChI is InChI=1S/C9H18O4S.C3H8/c1-9(13-6-5-12-2)3-7-14(10,11)8-4-9;1-3-2/h3-8H2,1-2H3;3H2,1-2H3. The van der Waals surface area contributed by atoms with Gasteiger partial charge in [0.15, 0.2) is 9.84 Å². The first-order chi connectivity index (χ1) is 7.89. The molecule has 0 aromatic carbocycles. The third kappa shape index (κ3) is 7.73. The minimum atomic E-state index is -2.80. The van der Waals surface area contributed by atoms with E-state index in [9.17, 15) is 8.42 Å². The molecule has 4 nitrogen and oxygen atoms in total. The number of ether oxygens (including phenoxy) is 2. The van der Waals surface area contributed by atoms with Crippen molar-refractivity contribution in [1.29, 1.82) is 0 Å². The fourth-order valence-corrected chi connectivity index (χ4v) is 3.18. The molecule has 0 aromatic rings. The summed E-state index contributed by atoms with van der Waals surface area (Å²) in [5.41, 5.74) is -0.274. The molecule has 0 unspecified atom stereocenters. The number of sulfone groups is 1. The van der Waals surface area contributed by atoms with Gasteiger partial charge < -0.3 is 9.47 Å². The van der Waals surface area contributed by atoms with Crippen molar-refractivity contribution in [2.75, 3.05) is 31.8 Å². The van der Waals surface area contributed by atoms with Gasteiger partial charge >= 0.3 is 0 Å². The van der Waals surface area contributed by atoms with E-state index in [-0.39, 0.29) is 17.1 Å². The summed E-state index contributed by atoms with van der Waals surface area (Å²) in [5.74, 6) is 0.493. The van der Waals surface area contributed by atoms with Crippen LogP contribution < -0.4 is 0 Å². The van der Waals surface area contributed by atoms with Crippen molar-refractivity contribution in [3.63, 3.8) is 0 Å². The van der Waals surface area contributed by atoms with Gasteiger partial charge in [-0.3, -0.25) is 0 Å². The van der Waals surface area contributed by atoms with Crippen LogP contribution in [0.2, 0.25) is 0 Å². The lowest BCUT2D eigenvalue weighted by atomic mass is 9.99. The molecule has 1 rings (SSSR count). The zero-order valence-corrected chi connectivity index (χ0v) is 12.3. The second kappa shape index (κ2) is 8.06. The molecule has 5 heteroatoms. The van der Waals surface area contributed by atoms with Crippen molar-refractivity contribution in [1.82, 2.24) is 0 Å². The van der Waals surface area contributed by atoms with E-state index < -0.39 is 9.84 Å². The summed E-state index contributed by atoms with van der Waals surface area (Å²) in [6, 6.07) is 0. The lowest BCUT2D eigenvalue weighted by molar-refractivity contribution is -0.0564. The Balaban J connectivity index is 0.000000770. The Hall–Kier alpha value is -0.130. The fraction of sp³-hybridized carbons (Fsp3) is 1.00. The third-order valence-electron chi connectivity index (χ3n) is 2.62. The summed E-state index contributed by atoms with van der Waals surface area (Å²) < 4.78 is 32.9. The quantitative estimate of drug-likeness (QED) is 0.731. The molecule has 104 valence electrons. The highest BCUT2D eigenvalue weighted by atomic mass is 32.2. The van der Waals surface area contributed by atoms with Gasteiger partial charge in [-0.05, 0) is 19.8 Å². The number of methoxy groups -OCH3 is 1. The molecule has 0 spiro atoms. The van der Waals surface area contributed by atoms with Crippen molar-refractivity contribution in [3.8, 4) is 0 Å². The third-order valence-corrected chi connectivity index (χ3v) is 4.27. The summed E-state index contributed by atoms with van der Waals surface area (Å²) in [6.07, 6.45) is 2.44. The lowest BCUT2D eigenvalue weighted by Crippen LogP contribution is -2.39. The van der Waals surface area contributed by atoms with E-state index in [0.717, 1.165) is 0 Å². The first-order valence-corrected chi connectivity index (χ1v) is 8.04. The first kappa shape index (κ1) is 16.9. The highest BCUT2D eigenvalue weighted by Gasteiger charge is 2.33. The molecular formula is C12H26O4S. The van der Waals surface area contributed by atoms with Gasteiger partial charge in [-0.25, -0.2) is 8.42 Å². The molecule has 17 heavy (non-hydrogen) atoms. The van der Waals surface area contributed by atoms with Gasteiger partial charge in [-0.15, -0.1) is 0 Å². The van der Waals surface area contributed by atoms with Crippen LogP contribution in [-0.2, 0) is 19.3 Å². The van der Waals surface area contributed by atoms with Crippen LogP contribution in [0.3, 0.4) is 0 Å². The van der Waals surface area contributed by atoms with Crippen LogP contribution in [0.4, 0.5) is 0 Å². The van der Waals surface area contributed by atoms with Crippen LogP contribution in [0.15, 0.2) is 0 Å². The minimum absolute atomic E-state index is 0.247. The summed E-state index contributed by atoms with van der Waals surface area (Å²) >= 11 is 0. The molecule has 1 aliphatic heterocycles. The first-order valence-electron chi connectivity index (χ1n) is 6.22. The monoisotopic (exact) mass is 266 g/mol. The summed E-state index contributed by atoms with van der Waals surface area (Å²) in [4.78, 5) is 0. The van der Waals surface area contributed by atoms with Gasteiger partial charge in [0.05, 0.1) is 30.3 Å². The van der Waals surface area contributed by atoms with Crippen LogP contribution >= 0.6 is 0 Å². The molecule has 1 aliphatic rings. The van der Waals surface area contributed by atoms with E-state index in [1.807, 2.05) is 6.92 Å². The van der Waals surface area contributed by atoms with Gasteiger partial charge in [-0.1, -0.05) is 20.3 Å². The highest BCUT2D eigenvalue weighted by molar-refractivity contribution is 7.91. The van der Waals surface area contributed by atoms with Gasteiger partial charge in [0, 0.05) is 7.11 Å². The zero-order chi connectivity index (χ0) is 13.4. The predicted octanol–water partition coefficient (Wildman–Crippen LogP) is 2.03. The van der Waals surface area contributed by atoms with Crippen LogP contribution in [0.5, 0.6) is 0 Å². The molecule has 1 saturated heterocycles. The molecule has 0 aliphatic carbocycles. The fourth-order valence-electron chi connectivity index (χ4n) is 1.49.